The van der Waals surface area contributed by atoms with Crippen molar-refractivity contribution in [3.8, 4) is 5.75 Å². The van der Waals surface area contributed by atoms with Crippen LogP contribution in [-0.4, -0.2) is 42.1 Å². The average molecular weight is 320 g/mol. The Bertz CT molecular complexity index is 438. The Morgan fingerprint density at radius 3 is 2.75 bits per heavy atom. The van der Waals surface area contributed by atoms with Gasteiger partial charge in [-0.3, -0.25) is 0 Å². The number of rotatable bonds is 7. The van der Waals surface area contributed by atoms with Crippen molar-refractivity contribution < 1.29 is 14.9 Å². The molecule has 2 rings (SSSR count). The number of nitrogens with one attached hydrogen (secondary N) is 1. The van der Waals surface area contributed by atoms with Crippen molar-refractivity contribution in [1.82, 2.24) is 5.32 Å². The van der Waals surface area contributed by atoms with Gasteiger partial charge in [-0.05, 0) is 43.5 Å². The normalized spacial score (nSPS) is 23.2. The van der Waals surface area contributed by atoms with Crippen LogP contribution in [0.15, 0.2) is 18.2 Å². The van der Waals surface area contributed by atoms with Crippen LogP contribution in [0.2, 0.25) is 10.0 Å². The molecule has 0 bridgehead atoms. The Balaban J connectivity index is 1.63. The Kier molecular flexibility index (Phi) is 5.93. The monoisotopic (exact) mass is 319 g/mol. The first kappa shape index (κ1) is 15.9. The summed E-state index contributed by atoms with van der Waals surface area (Å²) in [5, 5.41) is 23.1. The van der Waals surface area contributed by atoms with Crippen molar-refractivity contribution >= 4 is 23.2 Å². The molecule has 1 aromatic rings. The van der Waals surface area contributed by atoms with Crippen LogP contribution < -0.4 is 10.1 Å². The van der Waals surface area contributed by atoms with Crippen molar-refractivity contribution in [2.75, 3.05) is 19.7 Å². The van der Waals surface area contributed by atoms with Crippen LogP contribution in [0.3, 0.4) is 0 Å². The van der Waals surface area contributed by atoms with Gasteiger partial charge >= 0.3 is 0 Å². The summed E-state index contributed by atoms with van der Waals surface area (Å²) in [4.78, 5) is 0. The minimum Gasteiger partial charge on any atom is -0.489 e. The molecule has 112 valence electrons. The Morgan fingerprint density at radius 2 is 2.10 bits per heavy atom. The van der Waals surface area contributed by atoms with E-state index >= 15 is 0 Å². The zero-order valence-corrected chi connectivity index (χ0v) is 12.6. The molecule has 0 aromatic heterocycles. The fourth-order valence-corrected chi connectivity index (χ4v) is 2.62. The summed E-state index contributed by atoms with van der Waals surface area (Å²) in [5.74, 6) is 1.03. The van der Waals surface area contributed by atoms with Crippen LogP contribution in [0.25, 0.3) is 0 Å². The van der Waals surface area contributed by atoms with E-state index in [4.69, 9.17) is 33.0 Å². The second-order valence-corrected chi connectivity index (χ2v) is 6.03. The summed E-state index contributed by atoms with van der Waals surface area (Å²) in [5.41, 5.74) is 0. The van der Waals surface area contributed by atoms with E-state index in [1.165, 1.54) is 0 Å². The average Bonchev–Trinajstić information content (AvgIpc) is 2.35. The second-order valence-electron chi connectivity index (χ2n) is 5.19. The molecule has 0 amide bonds. The standard InChI is InChI=1S/C14H19Cl2NO3/c15-10-1-2-14(13(16)5-10)20-8-12(19)7-17-6-9-3-11(18)4-9/h1-2,5,9,11-12,17-19H,3-4,6-8H2. The molecule has 1 fully saturated rings. The van der Waals surface area contributed by atoms with Gasteiger partial charge in [0.2, 0.25) is 0 Å². The number of benzene rings is 1. The van der Waals surface area contributed by atoms with Crippen LogP contribution in [-0.2, 0) is 0 Å². The van der Waals surface area contributed by atoms with Gasteiger partial charge in [0.05, 0.1) is 11.1 Å². The van der Waals surface area contributed by atoms with Crippen molar-refractivity contribution in [3.05, 3.63) is 28.2 Å². The van der Waals surface area contributed by atoms with E-state index in [0.29, 0.717) is 28.3 Å². The summed E-state index contributed by atoms with van der Waals surface area (Å²) in [6, 6.07) is 4.97. The molecule has 0 aliphatic heterocycles. The molecular formula is C14H19Cl2NO3. The third-order valence-corrected chi connectivity index (χ3v) is 3.88. The predicted molar refractivity (Wildman–Crippen MR) is 79.6 cm³/mol. The highest BCUT2D eigenvalue weighted by Gasteiger charge is 2.26. The number of ether oxygens (including phenoxy) is 1. The molecule has 1 aromatic carbocycles. The maximum Gasteiger partial charge on any atom is 0.138 e. The summed E-state index contributed by atoms with van der Waals surface area (Å²) < 4.78 is 5.45. The maximum atomic E-state index is 9.81. The van der Waals surface area contributed by atoms with E-state index in [2.05, 4.69) is 5.32 Å². The Morgan fingerprint density at radius 1 is 1.35 bits per heavy atom. The molecule has 1 atom stereocenters. The highest BCUT2D eigenvalue weighted by atomic mass is 35.5. The molecule has 0 spiro atoms. The molecule has 3 N–H and O–H groups in total. The van der Waals surface area contributed by atoms with Crippen LogP contribution in [0.1, 0.15) is 12.8 Å². The van der Waals surface area contributed by atoms with Gasteiger partial charge in [-0.25, -0.2) is 0 Å². The number of aliphatic hydroxyl groups is 2. The lowest BCUT2D eigenvalue weighted by Gasteiger charge is -2.31. The zero-order chi connectivity index (χ0) is 14.5. The van der Waals surface area contributed by atoms with E-state index in [1.54, 1.807) is 18.2 Å². The highest BCUT2D eigenvalue weighted by Crippen LogP contribution is 2.27. The summed E-state index contributed by atoms with van der Waals surface area (Å²) >= 11 is 11.8. The van der Waals surface area contributed by atoms with E-state index in [1.807, 2.05) is 0 Å². The van der Waals surface area contributed by atoms with Crippen LogP contribution in [0.5, 0.6) is 5.75 Å². The quantitative estimate of drug-likeness (QED) is 0.720. The summed E-state index contributed by atoms with van der Waals surface area (Å²) in [7, 11) is 0. The lowest BCUT2D eigenvalue weighted by atomic mass is 9.82. The molecule has 6 heteroatoms. The van der Waals surface area contributed by atoms with Gasteiger partial charge in [-0.2, -0.15) is 0 Å². The lowest BCUT2D eigenvalue weighted by molar-refractivity contribution is 0.0400. The topological polar surface area (TPSA) is 61.7 Å². The fraction of sp³-hybridized carbons (Fsp3) is 0.571. The van der Waals surface area contributed by atoms with Gasteiger partial charge < -0.3 is 20.3 Å². The third-order valence-electron chi connectivity index (χ3n) is 3.35. The molecular weight excluding hydrogens is 301 g/mol. The molecule has 1 aliphatic carbocycles. The van der Waals surface area contributed by atoms with E-state index in [-0.39, 0.29) is 12.7 Å². The van der Waals surface area contributed by atoms with Gasteiger partial charge in [0.1, 0.15) is 18.5 Å². The first-order valence-corrected chi connectivity index (χ1v) is 7.45. The molecule has 20 heavy (non-hydrogen) atoms. The van der Waals surface area contributed by atoms with Crippen LogP contribution in [0.4, 0.5) is 0 Å². The van der Waals surface area contributed by atoms with Gasteiger partial charge in [-0.1, -0.05) is 23.2 Å². The number of hydrogen-bond donors (Lipinski definition) is 3. The van der Waals surface area contributed by atoms with Gasteiger partial charge in [-0.15, -0.1) is 0 Å². The zero-order valence-electron chi connectivity index (χ0n) is 11.1. The van der Waals surface area contributed by atoms with E-state index in [9.17, 15) is 5.11 Å². The number of halogens is 2. The lowest BCUT2D eigenvalue weighted by Crippen LogP contribution is -2.39. The molecule has 0 heterocycles. The molecule has 1 aliphatic rings. The SMILES string of the molecule is OC(CNCC1CC(O)C1)COc1ccc(Cl)cc1Cl. The maximum absolute atomic E-state index is 9.81. The van der Waals surface area contributed by atoms with Crippen molar-refractivity contribution in [2.45, 2.75) is 25.0 Å². The Labute approximate surface area is 128 Å². The summed E-state index contributed by atoms with van der Waals surface area (Å²) in [6.45, 7) is 1.44. The molecule has 1 unspecified atom stereocenters. The molecule has 1 saturated carbocycles. The third kappa shape index (κ3) is 4.79. The Hall–Kier alpha value is -0.520. The smallest absolute Gasteiger partial charge is 0.138 e. The van der Waals surface area contributed by atoms with Crippen molar-refractivity contribution in [3.63, 3.8) is 0 Å². The van der Waals surface area contributed by atoms with Gasteiger partial charge in [0.25, 0.3) is 0 Å². The predicted octanol–water partition coefficient (Wildman–Crippen LogP) is 2.09. The van der Waals surface area contributed by atoms with Crippen LogP contribution in [0, 0.1) is 5.92 Å². The first-order chi connectivity index (χ1) is 9.54. The van der Waals surface area contributed by atoms with Gasteiger partial charge in [0, 0.05) is 11.6 Å². The second kappa shape index (κ2) is 7.48. The van der Waals surface area contributed by atoms with Crippen molar-refractivity contribution in [2.24, 2.45) is 5.92 Å². The largest absolute Gasteiger partial charge is 0.489 e. The van der Waals surface area contributed by atoms with E-state index < -0.39 is 6.10 Å². The number of hydrogen-bond acceptors (Lipinski definition) is 4. The highest BCUT2D eigenvalue weighted by molar-refractivity contribution is 6.35. The van der Waals surface area contributed by atoms with Crippen molar-refractivity contribution in [1.29, 1.82) is 0 Å². The number of aliphatic hydroxyl groups excluding tert-OH is 2. The van der Waals surface area contributed by atoms with E-state index in [0.717, 1.165) is 19.4 Å². The fourth-order valence-electron chi connectivity index (χ4n) is 2.16. The molecule has 4 nitrogen and oxygen atoms in total. The first-order valence-electron chi connectivity index (χ1n) is 6.69. The molecule has 0 radical (unpaired) electrons. The molecule has 0 saturated heterocycles. The van der Waals surface area contributed by atoms with Gasteiger partial charge in [0.15, 0.2) is 0 Å². The van der Waals surface area contributed by atoms with Crippen LogP contribution >= 0.6 is 23.2 Å². The minimum absolute atomic E-state index is 0.137. The minimum atomic E-state index is -0.605. The summed E-state index contributed by atoms with van der Waals surface area (Å²) in [6.07, 6.45) is 0.953.